The van der Waals surface area contributed by atoms with Gasteiger partial charge in [0.25, 0.3) is 0 Å². The normalized spacial score (nSPS) is 19.1. The van der Waals surface area contributed by atoms with E-state index in [1.165, 1.54) is 6.39 Å². The summed E-state index contributed by atoms with van der Waals surface area (Å²) < 4.78 is 30.8. The van der Waals surface area contributed by atoms with E-state index in [9.17, 15) is 8.42 Å². The molecule has 3 aromatic rings. The third-order valence-electron chi connectivity index (χ3n) is 4.66. The molecule has 0 saturated carbocycles. The molecule has 4 rings (SSSR count). The van der Waals surface area contributed by atoms with E-state index >= 15 is 0 Å². The van der Waals surface area contributed by atoms with Crippen LogP contribution in [0.15, 0.2) is 41.1 Å². The Balaban J connectivity index is 1.71. The molecule has 1 aliphatic heterocycles. The number of sulfone groups is 1. The van der Waals surface area contributed by atoms with Crippen LogP contribution in [0.1, 0.15) is 29.4 Å². The van der Waals surface area contributed by atoms with Crippen molar-refractivity contribution in [2.24, 2.45) is 0 Å². The van der Waals surface area contributed by atoms with Gasteiger partial charge in [0.15, 0.2) is 22.0 Å². The van der Waals surface area contributed by atoms with Gasteiger partial charge in [0.05, 0.1) is 34.5 Å². The van der Waals surface area contributed by atoms with Crippen LogP contribution in [-0.2, 0) is 16.3 Å². The van der Waals surface area contributed by atoms with E-state index in [1.807, 2.05) is 37.3 Å². The average molecular weight is 392 g/mol. The summed E-state index contributed by atoms with van der Waals surface area (Å²) in [6, 6.07) is 9.74. The van der Waals surface area contributed by atoms with E-state index in [0.717, 1.165) is 11.3 Å². The Hall–Kier alpha value is -2.12. The molecule has 6 nitrogen and oxygen atoms in total. The number of benzene rings is 1. The summed E-state index contributed by atoms with van der Waals surface area (Å²) in [6.45, 7) is 1.84. The molecule has 1 aromatic carbocycles. The number of aromatic nitrogens is 3. The van der Waals surface area contributed by atoms with Gasteiger partial charge in [-0.25, -0.2) is 18.1 Å². The van der Waals surface area contributed by atoms with E-state index in [0.29, 0.717) is 35.0 Å². The van der Waals surface area contributed by atoms with Gasteiger partial charge in [0.2, 0.25) is 0 Å². The second-order valence-corrected chi connectivity index (χ2v) is 9.13. The van der Waals surface area contributed by atoms with Crippen LogP contribution in [-0.4, -0.2) is 34.7 Å². The van der Waals surface area contributed by atoms with E-state index in [-0.39, 0.29) is 17.5 Å². The molecule has 3 heterocycles. The monoisotopic (exact) mass is 391 g/mol. The maximum absolute atomic E-state index is 11.8. The first kappa shape index (κ1) is 17.3. The van der Waals surface area contributed by atoms with Crippen molar-refractivity contribution >= 4 is 21.4 Å². The molecule has 0 N–H and O–H groups in total. The first-order chi connectivity index (χ1) is 12.4. The van der Waals surface area contributed by atoms with Gasteiger partial charge < -0.3 is 4.42 Å². The number of aryl methyl sites for hydroxylation is 1. The van der Waals surface area contributed by atoms with Crippen molar-refractivity contribution in [1.82, 2.24) is 14.8 Å². The molecule has 1 aliphatic rings. The first-order valence-corrected chi connectivity index (χ1v) is 10.6. The SMILES string of the molecule is Cc1nn(C2CCS(=O)(=O)C2)c(Cl)c1-c1ocnc1Cc1ccccc1. The Morgan fingerprint density at radius 1 is 1.31 bits per heavy atom. The zero-order valence-electron chi connectivity index (χ0n) is 14.2. The van der Waals surface area contributed by atoms with Gasteiger partial charge in [-0.3, -0.25) is 0 Å². The molecule has 1 saturated heterocycles. The lowest BCUT2D eigenvalue weighted by molar-refractivity contribution is 0.497. The molecular weight excluding hydrogens is 374 g/mol. The van der Waals surface area contributed by atoms with Gasteiger partial charge >= 0.3 is 0 Å². The van der Waals surface area contributed by atoms with Crippen LogP contribution in [0.25, 0.3) is 11.3 Å². The molecule has 0 amide bonds. The Morgan fingerprint density at radius 3 is 2.77 bits per heavy atom. The summed E-state index contributed by atoms with van der Waals surface area (Å²) in [5.41, 5.74) is 3.27. The summed E-state index contributed by atoms with van der Waals surface area (Å²) in [4.78, 5) is 4.34. The van der Waals surface area contributed by atoms with Gasteiger partial charge in [-0.2, -0.15) is 5.10 Å². The van der Waals surface area contributed by atoms with Crippen LogP contribution >= 0.6 is 11.6 Å². The van der Waals surface area contributed by atoms with Crippen LogP contribution < -0.4 is 0 Å². The molecule has 26 heavy (non-hydrogen) atoms. The maximum atomic E-state index is 11.8. The van der Waals surface area contributed by atoms with Gasteiger partial charge in [-0.1, -0.05) is 41.9 Å². The molecule has 0 aliphatic carbocycles. The van der Waals surface area contributed by atoms with Gasteiger partial charge in [0, 0.05) is 6.42 Å². The highest BCUT2D eigenvalue weighted by molar-refractivity contribution is 7.91. The topological polar surface area (TPSA) is 78.0 Å². The zero-order valence-corrected chi connectivity index (χ0v) is 15.8. The molecular formula is C18H18ClN3O3S. The fourth-order valence-corrected chi connectivity index (χ4v) is 5.47. The highest BCUT2D eigenvalue weighted by Crippen LogP contribution is 2.37. The highest BCUT2D eigenvalue weighted by atomic mass is 35.5. The smallest absolute Gasteiger partial charge is 0.181 e. The minimum absolute atomic E-state index is 0.0700. The van der Waals surface area contributed by atoms with Crippen LogP contribution in [0.2, 0.25) is 5.15 Å². The largest absolute Gasteiger partial charge is 0.443 e. The van der Waals surface area contributed by atoms with Crippen molar-refractivity contribution in [1.29, 1.82) is 0 Å². The molecule has 1 fully saturated rings. The minimum Gasteiger partial charge on any atom is -0.443 e. The quantitative estimate of drug-likeness (QED) is 0.680. The second-order valence-electron chi connectivity index (χ2n) is 6.54. The van der Waals surface area contributed by atoms with E-state index in [2.05, 4.69) is 10.1 Å². The summed E-state index contributed by atoms with van der Waals surface area (Å²) in [7, 11) is -3.02. The number of halogens is 1. The van der Waals surface area contributed by atoms with Crippen molar-refractivity contribution in [3.05, 3.63) is 58.8 Å². The lowest BCUT2D eigenvalue weighted by atomic mass is 10.1. The van der Waals surface area contributed by atoms with Crippen molar-refractivity contribution in [3.63, 3.8) is 0 Å². The van der Waals surface area contributed by atoms with Crippen LogP contribution in [0.4, 0.5) is 0 Å². The Labute approximate surface area is 156 Å². The lowest BCUT2D eigenvalue weighted by Gasteiger charge is -2.09. The maximum Gasteiger partial charge on any atom is 0.181 e. The third kappa shape index (κ3) is 3.17. The standard InChI is InChI=1S/C18H18ClN3O3S/c1-12-16(18(19)22(21-12)14-7-8-26(23,24)10-14)17-15(20-11-25-17)9-13-5-3-2-4-6-13/h2-6,11,14H,7-10H2,1H3. The number of rotatable bonds is 4. The van der Waals surface area contributed by atoms with Crippen molar-refractivity contribution < 1.29 is 12.8 Å². The lowest BCUT2D eigenvalue weighted by Crippen LogP contribution is -2.12. The molecule has 8 heteroatoms. The number of hydrogen-bond acceptors (Lipinski definition) is 5. The van der Waals surface area contributed by atoms with Gasteiger partial charge in [0.1, 0.15) is 5.15 Å². The van der Waals surface area contributed by atoms with E-state index in [4.69, 9.17) is 16.0 Å². The Bertz CT molecular complexity index is 1040. The Morgan fingerprint density at radius 2 is 2.08 bits per heavy atom. The van der Waals surface area contributed by atoms with Crippen molar-refractivity contribution in [2.75, 3.05) is 11.5 Å². The Kier molecular flexibility index (Phi) is 4.36. The summed E-state index contributed by atoms with van der Waals surface area (Å²) in [6.07, 6.45) is 2.54. The second kappa shape index (κ2) is 6.55. The van der Waals surface area contributed by atoms with E-state index in [1.54, 1.807) is 4.68 Å². The fraction of sp³-hybridized carbons (Fsp3) is 0.333. The summed E-state index contributed by atoms with van der Waals surface area (Å²) in [5, 5.41) is 4.89. The van der Waals surface area contributed by atoms with Crippen molar-refractivity contribution in [3.8, 4) is 11.3 Å². The third-order valence-corrected chi connectivity index (χ3v) is 6.78. The summed E-state index contributed by atoms with van der Waals surface area (Å²) in [5.74, 6) is 0.827. The predicted octanol–water partition coefficient (Wildman–Crippen LogP) is 3.45. The predicted molar refractivity (Wildman–Crippen MR) is 99.0 cm³/mol. The van der Waals surface area contributed by atoms with Crippen LogP contribution in [0.3, 0.4) is 0 Å². The fourth-order valence-electron chi connectivity index (χ4n) is 3.38. The molecule has 0 bridgehead atoms. The molecule has 0 radical (unpaired) electrons. The molecule has 1 unspecified atom stereocenters. The van der Waals surface area contributed by atoms with E-state index < -0.39 is 9.84 Å². The first-order valence-electron chi connectivity index (χ1n) is 8.36. The number of oxazole rings is 1. The number of hydrogen-bond donors (Lipinski definition) is 0. The van der Waals surface area contributed by atoms with Gasteiger partial charge in [-0.05, 0) is 18.9 Å². The average Bonchev–Trinajstić information content (AvgIpc) is 3.27. The van der Waals surface area contributed by atoms with Gasteiger partial charge in [-0.15, -0.1) is 0 Å². The molecule has 2 aromatic heterocycles. The molecule has 136 valence electrons. The zero-order chi connectivity index (χ0) is 18.3. The molecule has 0 spiro atoms. The summed E-state index contributed by atoms with van der Waals surface area (Å²) >= 11 is 6.59. The van der Waals surface area contributed by atoms with Crippen LogP contribution in [0.5, 0.6) is 0 Å². The molecule has 1 atom stereocenters. The number of nitrogens with zero attached hydrogens (tertiary/aromatic N) is 3. The highest BCUT2D eigenvalue weighted by Gasteiger charge is 2.33. The minimum atomic E-state index is -3.02. The van der Waals surface area contributed by atoms with Crippen LogP contribution in [0, 0.1) is 6.92 Å². The van der Waals surface area contributed by atoms with Crippen molar-refractivity contribution in [2.45, 2.75) is 25.8 Å².